The van der Waals surface area contributed by atoms with Crippen LogP contribution >= 0.6 is 15.9 Å². The molecule has 1 saturated carbocycles. The molecule has 15 heavy (non-hydrogen) atoms. The predicted molar refractivity (Wildman–Crippen MR) is 62.3 cm³/mol. The van der Waals surface area contributed by atoms with Gasteiger partial charge in [0.2, 0.25) is 0 Å². The molecular weight excluding hydrogens is 252 g/mol. The summed E-state index contributed by atoms with van der Waals surface area (Å²) in [5.41, 5.74) is 0.617. The molecule has 2 nitrogen and oxygen atoms in total. The molecule has 1 fully saturated rings. The third-order valence-corrected chi connectivity index (χ3v) is 3.61. The molecule has 0 atom stereocenters. The Morgan fingerprint density at radius 3 is 2.53 bits per heavy atom. The van der Waals surface area contributed by atoms with Gasteiger partial charge in [-0.3, -0.25) is 4.98 Å². The summed E-state index contributed by atoms with van der Waals surface area (Å²) in [6.45, 7) is 0. The molecule has 0 N–H and O–H groups in total. The molecule has 0 spiro atoms. The third kappa shape index (κ3) is 2.05. The van der Waals surface area contributed by atoms with Crippen LogP contribution in [0.2, 0.25) is 0 Å². The molecule has 1 heterocycles. The smallest absolute Gasteiger partial charge is 0.0993 e. The van der Waals surface area contributed by atoms with Gasteiger partial charge in [-0.2, -0.15) is 5.26 Å². The zero-order chi connectivity index (χ0) is 10.7. The van der Waals surface area contributed by atoms with Crippen molar-refractivity contribution in [2.24, 2.45) is 0 Å². The van der Waals surface area contributed by atoms with Gasteiger partial charge in [-0.1, -0.05) is 19.3 Å². The summed E-state index contributed by atoms with van der Waals surface area (Å²) in [5, 5.41) is 9.36. The minimum absolute atomic E-state index is 0.320. The van der Waals surface area contributed by atoms with Gasteiger partial charge in [-0.25, -0.2) is 0 Å². The second kappa shape index (κ2) is 4.32. The van der Waals surface area contributed by atoms with Gasteiger partial charge in [-0.15, -0.1) is 0 Å². The number of hydrogen-bond donors (Lipinski definition) is 0. The van der Waals surface area contributed by atoms with E-state index in [1.54, 1.807) is 6.20 Å². The van der Waals surface area contributed by atoms with Crippen LogP contribution in [0.1, 0.15) is 37.8 Å². The van der Waals surface area contributed by atoms with Crippen LogP contribution in [0.3, 0.4) is 0 Å². The fourth-order valence-electron chi connectivity index (χ4n) is 2.24. The lowest BCUT2D eigenvalue weighted by molar-refractivity contribution is 0.358. The van der Waals surface area contributed by atoms with Crippen molar-refractivity contribution >= 4 is 15.9 Å². The number of halogens is 1. The summed E-state index contributed by atoms with van der Waals surface area (Å²) in [7, 11) is 0. The maximum absolute atomic E-state index is 9.36. The Morgan fingerprint density at radius 1 is 1.27 bits per heavy atom. The van der Waals surface area contributed by atoms with Gasteiger partial charge >= 0.3 is 0 Å². The van der Waals surface area contributed by atoms with Gasteiger partial charge in [0.05, 0.1) is 17.2 Å². The molecule has 0 unspecified atom stereocenters. The van der Waals surface area contributed by atoms with Gasteiger partial charge in [0.1, 0.15) is 0 Å². The maximum atomic E-state index is 9.36. The van der Waals surface area contributed by atoms with Gasteiger partial charge < -0.3 is 0 Å². The lowest BCUT2D eigenvalue weighted by Crippen LogP contribution is -2.28. The van der Waals surface area contributed by atoms with Crippen molar-refractivity contribution in [3.8, 4) is 6.07 Å². The minimum Gasteiger partial charge on any atom is -0.258 e. The summed E-state index contributed by atoms with van der Waals surface area (Å²) >= 11 is 3.36. The lowest BCUT2D eigenvalue weighted by atomic mass is 9.73. The molecule has 1 aliphatic rings. The molecule has 0 amide bonds. The fourth-order valence-corrected chi connectivity index (χ4v) is 2.47. The Bertz CT molecular complexity index is 372. The van der Waals surface area contributed by atoms with Crippen LogP contribution in [0.4, 0.5) is 0 Å². The van der Waals surface area contributed by atoms with E-state index >= 15 is 0 Å². The first-order valence-corrected chi connectivity index (χ1v) is 6.09. The lowest BCUT2D eigenvalue weighted by Gasteiger charge is -2.29. The van der Waals surface area contributed by atoms with Crippen molar-refractivity contribution in [1.29, 1.82) is 5.26 Å². The van der Waals surface area contributed by atoms with Crippen molar-refractivity contribution < 1.29 is 0 Å². The molecule has 0 aliphatic heterocycles. The summed E-state index contributed by atoms with van der Waals surface area (Å²) in [6, 6.07) is 6.41. The largest absolute Gasteiger partial charge is 0.258 e. The molecule has 0 aromatic carbocycles. The van der Waals surface area contributed by atoms with Gasteiger partial charge in [0.25, 0.3) is 0 Å². The number of nitrogens with zero attached hydrogens (tertiary/aromatic N) is 2. The van der Waals surface area contributed by atoms with Crippen molar-refractivity contribution in [3.63, 3.8) is 0 Å². The van der Waals surface area contributed by atoms with Crippen LogP contribution in [-0.2, 0) is 5.41 Å². The van der Waals surface area contributed by atoms with E-state index in [1.165, 1.54) is 6.42 Å². The highest BCUT2D eigenvalue weighted by Gasteiger charge is 2.35. The molecule has 1 aliphatic carbocycles. The highest BCUT2D eigenvalue weighted by atomic mass is 79.9. The van der Waals surface area contributed by atoms with Crippen LogP contribution < -0.4 is 0 Å². The molecule has 0 radical (unpaired) electrons. The Kier molecular flexibility index (Phi) is 3.06. The second-order valence-electron chi connectivity index (χ2n) is 4.12. The molecule has 0 bridgehead atoms. The van der Waals surface area contributed by atoms with E-state index in [0.29, 0.717) is 0 Å². The van der Waals surface area contributed by atoms with E-state index < -0.39 is 0 Å². The molecule has 2 rings (SSSR count). The van der Waals surface area contributed by atoms with Gasteiger partial charge in [0.15, 0.2) is 0 Å². The van der Waals surface area contributed by atoms with Crippen molar-refractivity contribution in [2.45, 2.75) is 37.5 Å². The Morgan fingerprint density at radius 2 is 2.00 bits per heavy atom. The van der Waals surface area contributed by atoms with Crippen molar-refractivity contribution in [1.82, 2.24) is 4.98 Å². The van der Waals surface area contributed by atoms with E-state index in [-0.39, 0.29) is 5.41 Å². The fraction of sp³-hybridized carbons (Fsp3) is 0.500. The normalized spacial score (nSPS) is 19.5. The molecule has 1 aromatic heterocycles. The van der Waals surface area contributed by atoms with Crippen LogP contribution in [0.15, 0.2) is 22.8 Å². The summed E-state index contributed by atoms with van der Waals surface area (Å²) in [6.07, 6.45) is 7.23. The standard InChI is InChI=1S/C12H13BrN2/c13-10-4-5-11(15-8-10)12(9-14)6-2-1-3-7-12/h4-5,8H,1-3,6-7H2. The summed E-state index contributed by atoms with van der Waals surface area (Å²) in [4.78, 5) is 4.38. The van der Waals surface area contributed by atoms with Crippen LogP contribution in [-0.4, -0.2) is 4.98 Å². The zero-order valence-electron chi connectivity index (χ0n) is 8.54. The maximum Gasteiger partial charge on any atom is 0.0993 e. The van der Waals surface area contributed by atoms with Crippen LogP contribution in [0.25, 0.3) is 0 Å². The highest BCUT2D eigenvalue weighted by Crippen LogP contribution is 2.37. The number of pyridine rings is 1. The third-order valence-electron chi connectivity index (χ3n) is 3.14. The summed E-state index contributed by atoms with van der Waals surface area (Å²) in [5.74, 6) is 0. The van der Waals surface area contributed by atoms with Crippen LogP contribution in [0, 0.1) is 11.3 Å². The van der Waals surface area contributed by atoms with Gasteiger partial charge in [0, 0.05) is 10.7 Å². The van der Waals surface area contributed by atoms with Crippen molar-refractivity contribution in [2.75, 3.05) is 0 Å². The monoisotopic (exact) mass is 264 g/mol. The SMILES string of the molecule is N#CC1(c2ccc(Br)cn2)CCCCC1. The molecule has 3 heteroatoms. The minimum atomic E-state index is -0.320. The first-order chi connectivity index (χ1) is 7.27. The zero-order valence-corrected chi connectivity index (χ0v) is 10.1. The quantitative estimate of drug-likeness (QED) is 0.778. The number of rotatable bonds is 1. The second-order valence-corrected chi connectivity index (χ2v) is 5.03. The van der Waals surface area contributed by atoms with Gasteiger partial charge in [-0.05, 0) is 40.9 Å². The van der Waals surface area contributed by atoms with E-state index in [9.17, 15) is 5.26 Å². The van der Waals surface area contributed by atoms with E-state index in [0.717, 1.165) is 35.8 Å². The van der Waals surface area contributed by atoms with E-state index in [4.69, 9.17) is 0 Å². The Balaban J connectivity index is 2.33. The molecule has 1 aromatic rings. The molecule has 0 saturated heterocycles. The topological polar surface area (TPSA) is 36.7 Å². The average molecular weight is 265 g/mol. The number of nitriles is 1. The number of hydrogen-bond acceptors (Lipinski definition) is 2. The van der Waals surface area contributed by atoms with E-state index in [1.807, 2.05) is 12.1 Å². The highest BCUT2D eigenvalue weighted by molar-refractivity contribution is 9.10. The molecular formula is C12H13BrN2. The average Bonchev–Trinajstić information content (AvgIpc) is 2.31. The molecule has 78 valence electrons. The van der Waals surface area contributed by atoms with Crippen molar-refractivity contribution in [3.05, 3.63) is 28.5 Å². The Hall–Kier alpha value is -0.880. The first kappa shape index (κ1) is 10.6. The van der Waals surface area contributed by atoms with E-state index in [2.05, 4.69) is 27.0 Å². The summed E-state index contributed by atoms with van der Waals surface area (Å²) < 4.78 is 0.968. The van der Waals surface area contributed by atoms with Crippen LogP contribution in [0.5, 0.6) is 0 Å². The number of aromatic nitrogens is 1. The predicted octanol–water partition coefficient (Wildman–Crippen LogP) is 3.57. The first-order valence-electron chi connectivity index (χ1n) is 5.30. The Labute approximate surface area is 98.5 Å².